The van der Waals surface area contributed by atoms with Gasteiger partial charge in [0.2, 0.25) is 5.91 Å². The van der Waals surface area contributed by atoms with Crippen molar-refractivity contribution in [3.8, 4) is 0 Å². The van der Waals surface area contributed by atoms with Crippen molar-refractivity contribution in [2.45, 2.75) is 45.7 Å². The summed E-state index contributed by atoms with van der Waals surface area (Å²) in [4.78, 5) is 14.0. The molecule has 1 heterocycles. The third-order valence-corrected chi connectivity index (χ3v) is 3.51. The normalized spacial score (nSPS) is 16.4. The molecular weight excluding hydrogens is 214 g/mol. The summed E-state index contributed by atoms with van der Waals surface area (Å²) in [6, 6.07) is 0. The number of aryl methyl sites for hydroxylation is 1. The second kappa shape index (κ2) is 5.34. The molecule has 1 amide bonds. The first kappa shape index (κ1) is 12.1. The number of carbonyl (C=O) groups is 1. The number of hydrogen-bond donors (Lipinski definition) is 0. The van der Waals surface area contributed by atoms with E-state index in [1.807, 2.05) is 29.0 Å². The average molecular weight is 235 g/mol. The minimum atomic E-state index is 0.265. The first-order valence-electron chi connectivity index (χ1n) is 6.47. The lowest BCUT2D eigenvalue weighted by molar-refractivity contribution is -0.134. The van der Waals surface area contributed by atoms with Crippen LogP contribution in [0.4, 0.5) is 0 Å². The Bertz CT molecular complexity index is 380. The van der Waals surface area contributed by atoms with Crippen molar-refractivity contribution in [2.24, 2.45) is 5.92 Å². The lowest BCUT2D eigenvalue weighted by atomic mass is 10.1. The van der Waals surface area contributed by atoms with Gasteiger partial charge in [-0.2, -0.15) is 5.10 Å². The quantitative estimate of drug-likeness (QED) is 0.801. The SMILES string of the molecule is CCn1cc(CN(C)C(=O)C2CCCC2)cn1. The van der Waals surface area contributed by atoms with Crippen molar-refractivity contribution in [2.75, 3.05) is 7.05 Å². The van der Waals surface area contributed by atoms with Crippen molar-refractivity contribution >= 4 is 5.91 Å². The molecule has 4 nitrogen and oxygen atoms in total. The van der Waals surface area contributed by atoms with E-state index < -0.39 is 0 Å². The van der Waals surface area contributed by atoms with E-state index >= 15 is 0 Å². The zero-order valence-corrected chi connectivity index (χ0v) is 10.7. The van der Waals surface area contributed by atoms with Crippen molar-refractivity contribution in [3.63, 3.8) is 0 Å². The van der Waals surface area contributed by atoms with Crippen LogP contribution in [0.1, 0.15) is 38.2 Å². The highest BCUT2D eigenvalue weighted by Crippen LogP contribution is 2.26. The molecule has 0 N–H and O–H groups in total. The van der Waals surface area contributed by atoms with Gasteiger partial charge in [0.15, 0.2) is 0 Å². The van der Waals surface area contributed by atoms with Crippen LogP contribution in [0.2, 0.25) is 0 Å². The fraction of sp³-hybridized carbons (Fsp3) is 0.692. The molecule has 0 bridgehead atoms. The van der Waals surface area contributed by atoms with Crippen LogP contribution in [-0.4, -0.2) is 27.6 Å². The molecule has 4 heteroatoms. The molecule has 0 saturated heterocycles. The van der Waals surface area contributed by atoms with Gasteiger partial charge in [-0.25, -0.2) is 0 Å². The van der Waals surface area contributed by atoms with E-state index in [4.69, 9.17) is 0 Å². The van der Waals surface area contributed by atoms with Crippen molar-refractivity contribution in [1.29, 1.82) is 0 Å². The summed E-state index contributed by atoms with van der Waals surface area (Å²) in [5.74, 6) is 0.563. The van der Waals surface area contributed by atoms with Gasteiger partial charge in [0.05, 0.1) is 6.20 Å². The summed E-state index contributed by atoms with van der Waals surface area (Å²) >= 11 is 0. The van der Waals surface area contributed by atoms with E-state index in [9.17, 15) is 4.79 Å². The van der Waals surface area contributed by atoms with Crippen molar-refractivity contribution < 1.29 is 4.79 Å². The van der Waals surface area contributed by atoms with Gasteiger partial charge in [0.1, 0.15) is 0 Å². The van der Waals surface area contributed by atoms with Crippen LogP contribution < -0.4 is 0 Å². The molecule has 1 fully saturated rings. The number of hydrogen-bond acceptors (Lipinski definition) is 2. The Morgan fingerprint density at radius 1 is 1.53 bits per heavy atom. The largest absolute Gasteiger partial charge is 0.341 e. The van der Waals surface area contributed by atoms with Gasteiger partial charge >= 0.3 is 0 Å². The maximum absolute atomic E-state index is 12.1. The molecule has 1 aromatic rings. The molecular formula is C13H21N3O. The molecule has 0 aliphatic heterocycles. The van der Waals surface area contributed by atoms with Gasteiger partial charge in [0, 0.05) is 37.8 Å². The third kappa shape index (κ3) is 2.87. The lowest BCUT2D eigenvalue weighted by Gasteiger charge is -2.20. The number of rotatable bonds is 4. The van der Waals surface area contributed by atoms with E-state index in [-0.39, 0.29) is 5.92 Å². The summed E-state index contributed by atoms with van der Waals surface area (Å²) in [5, 5.41) is 4.22. The fourth-order valence-corrected chi connectivity index (χ4v) is 2.50. The molecule has 94 valence electrons. The van der Waals surface area contributed by atoms with E-state index in [0.717, 1.165) is 24.9 Å². The minimum Gasteiger partial charge on any atom is -0.341 e. The molecule has 1 saturated carbocycles. The number of amides is 1. The molecule has 0 spiro atoms. The van der Waals surface area contributed by atoms with Crippen molar-refractivity contribution in [3.05, 3.63) is 18.0 Å². The average Bonchev–Trinajstić information content (AvgIpc) is 2.98. The maximum Gasteiger partial charge on any atom is 0.225 e. The van der Waals surface area contributed by atoms with Crippen LogP contribution in [0, 0.1) is 5.92 Å². The molecule has 0 aromatic carbocycles. The Balaban J connectivity index is 1.91. The number of aromatic nitrogens is 2. The van der Waals surface area contributed by atoms with Gasteiger partial charge in [-0.15, -0.1) is 0 Å². The number of carbonyl (C=O) groups excluding carboxylic acids is 1. The molecule has 1 aliphatic rings. The van der Waals surface area contributed by atoms with Crippen LogP contribution in [0.5, 0.6) is 0 Å². The smallest absolute Gasteiger partial charge is 0.225 e. The van der Waals surface area contributed by atoms with E-state index in [1.54, 1.807) is 0 Å². The van der Waals surface area contributed by atoms with Crippen LogP contribution in [0.25, 0.3) is 0 Å². The Hall–Kier alpha value is -1.32. The summed E-state index contributed by atoms with van der Waals surface area (Å²) in [6.07, 6.45) is 8.41. The van der Waals surface area contributed by atoms with Crippen molar-refractivity contribution in [1.82, 2.24) is 14.7 Å². The summed E-state index contributed by atoms with van der Waals surface area (Å²) < 4.78 is 1.89. The molecule has 0 unspecified atom stereocenters. The fourth-order valence-electron chi connectivity index (χ4n) is 2.50. The van der Waals surface area contributed by atoms with Crippen LogP contribution in [0.3, 0.4) is 0 Å². The Morgan fingerprint density at radius 2 is 2.24 bits per heavy atom. The summed E-state index contributed by atoms with van der Waals surface area (Å²) in [6.45, 7) is 3.61. The predicted octanol–water partition coefficient (Wildman–Crippen LogP) is 2.05. The number of nitrogens with zero attached hydrogens (tertiary/aromatic N) is 3. The zero-order valence-electron chi connectivity index (χ0n) is 10.7. The Labute approximate surface area is 103 Å². The highest BCUT2D eigenvalue weighted by atomic mass is 16.2. The highest BCUT2D eigenvalue weighted by Gasteiger charge is 2.25. The maximum atomic E-state index is 12.1. The molecule has 1 aromatic heterocycles. The molecule has 1 aliphatic carbocycles. The summed E-state index contributed by atoms with van der Waals surface area (Å²) in [5.41, 5.74) is 1.11. The van der Waals surface area contributed by atoms with Gasteiger partial charge in [0.25, 0.3) is 0 Å². The van der Waals surface area contributed by atoms with Crippen LogP contribution in [-0.2, 0) is 17.9 Å². The topological polar surface area (TPSA) is 38.1 Å². The van der Waals surface area contributed by atoms with Gasteiger partial charge in [-0.1, -0.05) is 12.8 Å². The van der Waals surface area contributed by atoms with Crippen LogP contribution in [0.15, 0.2) is 12.4 Å². The van der Waals surface area contributed by atoms with E-state index in [0.29, 0.717) is 12.5 Å². The third-order valence-electron chi connectivity index (χ3n) is 3.51. The van der Waals surface area contributed by atoms with Gasteiger partial charge < -0.3 is 4.90 Å². The van der Waals surface area contributed by atoms with Gasteiger partial charge in [-0.3, -0.25) is 9.48 Å². The highest BCUT2D eigenvalue weighted by molar-refractivity contribution is 5.78. The molecule has 17 heavy (non-hydrogen) atoms. The molecule has 0 radical (unpaired) electrons. The molecule has 2 rings (SSSR count). The first-order chi connectivity index (χ1) is 8.20. The first-order valence-corrected chi connectivity index (χ1v) is 6.47. The zero-order chi connectivity index (χ0) is 12.3. The summed E-state index contributed by atoms with van der Waals surface area (Å²) in [7, 11) is 1.89. The molecule has 0 atom stereocenters. The Morgan fingerprint density at radius 3 is 2.82 bits per heavy atom. The van der Waals surface area contributed by atoms with E-state index in [2.05, 4.69) is 12.0 Å². The minimum absolute atomic E-state index is 0.265. The Kier molecular flexibility index (Phi) is 3.82. The van der Waals surface area contributed by atoms with Gasteiger partial charge in [-0.05, 0) is 19.8 Å². The standard InChI is InChI=1S/C13H21N3O/c1-3-16-10-11(8-14-16)9-15(2)13(17)12-6-4-5-7-12/h8,10,12H,3-7,9H2,1-2H3. The monoisotopic (exact) mass is 235 g/mol. The second-order valence-electron chi connectivity index (χ2n) is 4.88. The van der Waals surface area contributed by atoms with E-state index in [1.165, 1.54) is 12.8 Å². The second-order valence-corrected chi connectivity index (χ2v) is 4.88. The lowest BCUT2D eigenvalue weighted by Crippen LogP contribution is -2.31. The predicted molar refractivity (Wildman–Crippen MR) is 66.3 cm³/mol. The van der Waals surface area contributed by atoms with Crippen LogP contribution >= 0.6 is 0 Å².